The number of carboxylic acid groups (broad SMARTS) is 1. The van der Waals surface area contributed by atoms with Crippen LogP contribution in [-0.2, 0) is 9.53 Å². The molecule has 0 spiro atoms. The monoisotopic (exact) mass is 612 g/mol. The van der Waals surface area contributed by atoms with Crippen LogP contribution in [0.15, 0.2) is 78.9 Å². The van der Waals surface area contributed by atoms with Gasteiger partial charge in [0.1, 0.15) is 6.10 Å². The molecule has 0 aromatic heterocycles. The Hall–Kier alpha value is -4.37. The van der Waals surface area contributed by atoms with Gasteiger partial charge in [0.15, 0.2) is 0 Å². The van der Waals surface area contributed by atoms with Crippen LogP contribution in [0.4, 0.5) is 16.2 Å². The van der Waals surface area contributed by atoms with E-state index in [9.17, 15) is 14.4 Å². The Morgan fingerprint density at radius 3 is 2.22 bits per heavy atom. The Kier molecular flexibility index (Phi) is 11.1. The van der Waals surface area contributed by atoms with Crippen LogP contribution >= 0.6 is 0 Å². The van der Waals surface area contributed by atoms with Crippen molar-refractivity contribution in [3.8, 4) is 11.1 Å². The van der Waals surface area contributed by atoms with Crippen molar-refractivity contribution >= 4 is 29.3 Å². The Labute approximate surface area is 265 Å². The van der Waals surface area contributed by atoms with Gasteiger partial charge >= 0.3 is 12.1 Å². The first-order valence-electron chi connectivity index (χ1n) is 16.0. The zero-order chi connectivity index (χ0) is 31.6. The molecule has 3 aromatic rings. The van der Waals surface area contributed by atoms with Crippen LogP contribution in [0.1, 0.15) is 48.9 Å². The molecular formula is C36H44N4O5. The number of nitrogens with zero attached hydrogens (tertiary/aromatic N) is 3. The molecule has 3 aromatic carbocycles. The van der Waals surface area contributed by atoms with Gasteiger partial charge in [-0.15, -0.1) is 0 Å². The van der Waals surface area contributed by atoms with Crippen LogP contribution in [0.2, 0.25) is 0 Å². The molecule has 2 aliphatic rings. The number of anilines is 2. The summed E-state index contributed by atoms with van der Waals surface area (Å²) >= 11 is 0. The summed E-state index contributed by atoms with van der Waals surface area (Å²) in [6.07, 6.45) is 4.52. The van der Waals surface area contributed by atoms with Gasteiger partial charge in [0.2, 0.25) is 5.91 Å². The number of likely N-dealkylation sites (N-methyl/N-ethyl adjacent to an activating group) is 1. The Morgan fingerprint density at radius 2 is 1.53 bits per heavy atom. The summed E-state index contributed by atoms with van der Waals surface area (Å²) in [5.74, 6) is -0.194. The topological polar surface area (TPSA) is 102 Å². The number of nitrogens with one attached hydrogen (secondary N) is 1. The number of amides is 2. The zero-order valence-corrected chi connectivity index (χ0v) is 26.1. The van der Waals surface area contributed by atoms with Gasteiger partial charge in [-0.1, -0.05) is 48.5 Å². The molecule has 2 fully saturated rings. The van der Waals surface area contributed by atoms with Crippen molar-refractivity contribution in [1.29, 1.82) is 0 Å². The van der Waals surface area contributed by atoms with E-state index in [2.05, 4.69) is 15.1 Å². The largest absolute Gasteiger partial charge is 0.478 e. The van der Waals surface area contributed by atoms with E-state index in [4.69, 9.17) is 9.84 Å². The second-order valence-electron chi connectivity index (χ2n) is 12.1. The van der Waals surface area contributed by atoms with Crippen LogP contribution in [0.3, 0.4) is 0 Å². The fraction of sp³-hybridized carbons (Fsp3) is 0.417. The number of carbonyl (C=O) groups excluding carboxylic acids is 2. The molecule has 0 aliphatic carbocycles. The fourth-order valence-electron chi connectivity index (χ4n) is 6.23. The summed E-state index contributed by atoms with van der Waals surface area (Å²) < 4.78 is 5.77. The van der Waals surface area contributed by atoms with E-state index in [0.717, 1.165) is 87.3 Å². The smallest absolute Gasteiger partial charge is 0.411 e. The number of aromatic carboxylic acids is 1. The summed E-state index contributed by atoms with van der Waals surface area (Å²) in [7, 11) is 1.89. The predicted octanol–water partition coefficient (Wildman–Crippen LogP) is 6.22. The molecule has 5 rings (SSSR count). The summed E-state index contributed by atoms with van der Waals surface area (Å²) in [5, 5.41) is 12.0. The quantitative estimate of drug-likeness (QED) is 0.265. The third-order valence-electron chi connectivity index (χ3n) is 9.09. The van der Waals surface area contributed by atoms with E-state index in [1.54, 1.807) is 12.1 Å². The van der Waals surface area contributed by atoms with Crippen molar-refractivity contribution in [2.75, 3.05) is 56.5 Å². The molecule has 9 nitrogen and oxygen atoms in total. The minimum absolute atomic E-state index is 0.125. The lowest BCUT2D eigenvalue weighted by molar-refractivity contribution is -0.130. The molecule has 0 atom stereocenters. The van der Waals surface area contributed by atoms with Crippen molar-refractivity contribution in [2.24, 2.45) is 5.92 Å². The molecule has 0 saturated carbocycles. The number of hydrogen-bond acceptors (Lipinski definition) is 6. The highest BCUT2D eigenvalue weighted by Gasteiger charge is 2.24. The van der Waals surface area contributed by atoms with Crippen molar-refractivity contribution < 1.29 is 24.2 Å². The first-order valence-corrected chi connectivity index (χ1v) is 16.0. The summed E-state index contributed by atoms with van der Waals surface area (Å²) in [6.45, 7) is 5.00. The highest BCUT2D eigenvalue weighted by molar-refractivity contribution is 5.91. The molecule has 9 heteroatoms. The van der Waals surface area contributed by atoms with Crippen molar-refractivity contribution in [3.63, 3.8) is 0 Å². The normalized spacial score (nSPS) is 16.2. The van der Waals surface area contributed by atoms with Crippen LogP contribution in [0.5, 0.6) is 0 Å². The molecule has 2 N–H and O–H groups in total. The zero-order valence-electron chi connectivity index (χ0n) is 26.1. The van der Waals surface area contributed by atoms with E-state index in [-0.39, 0.29) is 12.0 Å². The van der Waals surface area contributed by atoms with Gasteiger partial charge in [-0.3, -0.25) is 10.1 Å². The molecule has 238 valence electrons. The maximum atomic E-state index is 12.9. The minimum atomic E-state index is -0.909. The number of likely N-dealkylation sites (tertiary alicyclic amines) is 1. The van der Waals surface area contributed by atoms with Gasteiger partial charge in [0.05, 0.1) is 11.3 Å². The van der Waals surface area contributed by atoms with Gasteiger partial charge in [-0.2, -0.15) is 0 Å². The van der Waals surface area contributed by atoms with Crippen LogP contribution in [0.25, 0.3) is 11.1 Å². The molecule has 0 bridgehead atoms. The molecular weight excluding hydrogens is 568 g/mol. The van der Waals surface area contributed by atoms with E-state index in [1.165, 1.54) is 0 Å². The van der Waals surface area contributed by atoms with Crippen molar-refractivity contribution in [2.45, 2.75) is 44.6 Å². The lowest BCUT2D eigenvalue weighted by Crippen LogP contribution is -2.42. The second-order valence-corrected chi connectivity index (χ2v) is 12.1. The average Bonchev–Trinajstić information content (AvgIpc) is 3.07. The number of hydrogen-bond donors (Lipinski definition) is 2. The van der Waals surface area contributed by atoms with E-state index < -0.39 is 12.1 Å². The average molecular weight is 613 g/mol. The second kappa shape index (κ2) is 15.6. The standard InChI is InChI=1S/C36H44N4O5/c1-38(34(41)16-11-27-17-23-40(24-18-27)30-14-12-29(13-15-30)35(42)43)25-26-39-21-19-31(20-22-39)45-36(44)37-33-10-6-5-9-32(33)28-7-3-2-4-8-28/h2-10,12-15,27,31H,11,16-26H2,1H3,(H,37,44)(H,42,43). The van der Waals surface area contributed by atoms with Crippen molar-refractivity contribution in [3.05, 3.63) is 84.4 Å². The number of benzene rings is 3. The molecule has 0 radical (unpaired) electrons. The molecule has 2 aliphatic heterocycles. The third-order valence-corrected chi connectivity index (χ3v) is 9.09. The van der Waals surface area contributed by atoms with Gasteiger partial charge in [0.25, 0.3) is 0 Å². The Balaban J connectivity index is 0.961. The maximum Gasteiger partial charge on any atom is 0.411 e. The highest BCUT2D eigenvalue weighted by Crippen LogP contribution is 2.29. The lowest BCUT2D eigenvalue weighted by Gasteiger charge is -2.34. The lowest BCUT2D eigenvalue weighted by atomic mass is 9.91. The van der Waals surface area contributed by atoms with E-state index >= 15 is 0 Å². The fourth-order valence-corrected chi connectivity index (χ4v) is 6.23. The van der Waals surface area contributed by atoms with Gasteiger partial charge in [0, 0.05) is 64.0 Å². The Bertz CT molecular complexity index is 1410. The van der Waals surface area contributed by atoms with Crippen LogP contribution in [0, 0.1) is 5.92 Å². The maximum absolute atomic E-state index is 12.9. The predicted molar refractivity (Wildman–Crippen MR) is 177 cm³/mol. The van der Waals surface area contributed by atoms with Crippen LogP contribution in [-0.4, -0.2) is 85.3 Å². The molecule has 2 amide bonds. The van der Waals surface area contributed by atoms with Crippen molar-refractivity contribution in [1.82, 2.24) is 9.80 Å². The molecule has 45 heavy (non-hydrogen) atoms. The minimum Gasteiger partial charge on any atom is -0.478 e. The molecule has 0 unspecified atom stereocenters. The number of carbonyl (C=O) groups is 3. The number of piperidine rings is 2. The molecule has 2 heterocycles. The number of para-hydroxylation sites is 1. The summed E-state index contributed by atoms with van der Waals surface area (Å²) in [6, 6.07) is 24.8. The van der Waals surface area contributed by atoms with E-state index in [1.807, 2.05) is 78.7 Å². The molecule has 2 saturated heterocycles. The SMILES string of the molecule is CN(CCN1CCC(OC(=O)Nc2ccccc2-c2ccccc2)CC1)C(=O)CCC1CCN(c2ccc(C(=O)O)cc2)CC1. The first-order chi connectivity index (χ1) is 21.9. The van der Waals surface area contributed by atoms with Crippen LogP contribution < -0.4 is 10.2 Å². The van der Waals surface area contributed by atoms with E-state index in [0.29, 0.717) is 24.4 Å². The van der Waals surface area contributed by atoms with Gasteiger partial charge < -0.3 is 24.5 Å². The van der Waals surface area contributed by atoms with Gasteiger partial charge in [-0.25, -0.2) is 9.59 Å². The first kappa shape index (κ1) is 32.0. The number of rotatable bonds is 11. The number of ether oxygens (including phenoxy) is 1. The van der Waals surface area contributed by atoms with Gasteiger partial charge in [-0.05, 0) is 73.9 Å². The summed E-state index contributed by atoms with van der Waals surface area (Å²) in [4.78, 5) is 43.1. The third kappa shape index (κ3) is 9.08. The highest BCUT2D eigenvalue weighted by atomic mass is 16.6. The number of carboxylic acids is 1. The Morgan fingerprint density at radius 1 is 0.867 bits per heavy atom. The summed E-state index contributed by atoms with van der Waals surface area (Å²) in [5.41, 5.74) is 4.08.